The van der Waals surface area contributed by atoms with Gasteiger partial charge >= 0.3 is 0 Å². The fraction of sp³-hybridized carbons (Fsp3) is 0.125. The molecule has 1 heterocycles. The Kier molecular flexibility index (Phi) is 1.88. The minimum atomic E-state index is -0.626. The monoisotopic (exact) mass is 200 g/mol. The van der Waals surface area contributed by atoms with Gasteiger partial charge in [0.15, 0.2) is 11.6 Å². The van der Waals surface area contributed by atoms with E-state index in [1.165, 1.54) is 30.0 Å². The second-order valence-electron chi connectivity index (χ2n) is 2.50. The number of nitrogens with zero attached hydrogens (tertiary/aromatic N) is 1. The summed E-state index contributed by atoms with van der Waals surface area (Å²) in [5.74, 6) is -1.21. The van der Waals surface area contributed by atoms with E-state index in [9.17, 15) is 8.78 Å². The van der Waals surface area contributed by atoms with Crippen molar-refractivity contribution in [2.45, 2.75) is 0 Å². The van der Waals surface area contributed by atoms with E-state index in [4.69, 9.17) is 0 Å². The second-order valence-corrected chi connectivity index (χ2v) is 3.38. The standard InChI is InChI=1S/C8H6F2N2S/c1-11-7-4(9)2-5-8(6(7)10)12-3-13-5/h2-3,11H,1H3. The zero-order chi connectivity index (χ0) is 9.42. The summed E-state index contributed by atoms with van der Waals surface area (Å²) in [5.41, 5.74) is 1.58. The molecule has 1 aromatic carbocycles. The number of hydrogen-bond acceptors (Lipinski definition) is 3. The molecule has 0 saturated heterocycles. The van der Waals surface area contributed by atoms with Gasteiger partial charge in [0.1, 0.15) is 11.2 Å². The maximum atomic E-state index is 13.4. The van der Waals surface area contributed by atoms with E-state index in [0.717, 1.165) is 0 Å². The van der Waals surface area contributed by atoms with Crippen LogP contribution in [0.1, 0.15) is 0 Å². The summed E-state index contributed by atoms with van der Waals surface area (Å²) < 4.78 is 27.1. The molecule has 68 valence electrons. The molecule has 0 bridgehead atoms. The van der Waals surface area contributed by atoms with E-state index in [2.05, 4.69) is 10.3 Å². The maximum absolute atomic E-state index is 13.4. The van der Waals surface area contributed by atoms with E-state index in [1.54, 1.807) is 0 Å². The lowest BCUT2D eigenvalue weighted by Crippen LogP contribution is -1.97. The molecule has 1 N–H and O–H groups in total. The molecule has 13 heavy (non-hydrogen) atoms. The third-order valence-electron chi connectivity index (χ3n) is 1.77. The molecule has 0 saturated carbocycles. The average molecular weight is 200 g/mol. The lowest BCUT2D eigenvalue weighted by Gasteiger charge is -2.03. The molecule has 2 nitrogen and oxygen atoms in total. The van der Waals surface area contributed by atoms with Gasteiger partial charge in [-0.1, -0.05) is 0 Å². The van der Waals surface area contributed by atoms with Crippen LogP contribution in [0.3, 0.4) is 0 Å². The summed E-state index contributed by atoms with van der Waals surface area (Å²) >= 11 is 1.22. The van der Waals surface area contributed by atoms with Crippen molar-refractivity contribution in [2.75, 3.05) is 12.4 Å². The van der Waals surface area contributed by atoms with E-state index in [1.807, 2.05) is 0 Å². The fourth-order valence-electron chi connectivity index (χ4n) is 1.16. The van der Waals surface area contributed by atoms with Gasteiger partial charge in [-0.15, -0.1) is 11.3 Å². The van der Waals surface area contributed by atoms with E-state index in [0.29, 0.717) is 4.70 Å². The molecule has 5 heteroatoms. The number of halogens is 2. The number of aromatic nitrogens is 1. The van der Waals surface area contributed by atoms with Crippen molar-refractivity contribution in [2.24, 2.45) is 0 Å². The Morgan fingerprint density at radius 2 is 2.23 bits per heavy atom. The summed E-state index contributed by atoms with van der Waals surface area (Å²) in [6.07, 6.45) is 0. The van der Waals surface area contributed by atoms with Crippen LogP contribution in [0.5, 0.6) is 0 Å². The third kappa shape index (κ3) is 1.16. The van der Waals surface area contributed by atoms with Gasteiger partial charge < -0.3 is 5.32 Å². The van der Waals surface area contributed by atoms with E-state index < -0.39 is 11.6 Å². The van der Waals surface area contributed by atoms with Crippen LogP contribution in [0.4, 0.5) is 14.5 Å². The van der Waals surface area contributed by atoms with Crippen molar-refractivity contribution in [3.63, 3.8) is 0 Å². The molecule has 0 spiro atoms. The first-order valence-corrected chi connectivity index (χ1v) is 4.51. The minimum Gasteiger partial charge on any atom is -0.383 e. The van der Waals surface area contributed by atoms with Crippen LogP contribution in [0, 0.1) is 11.6 Å². The van der Waals surface area contributed by atoms with Crippen molar-refractivity contribution in [1.29, 1.82) is 0 Å². The van der Waals surface area contributed by atoms with Crippen molar-refractivity contribution in [3.05, 3.63) is 23.2 Å². The molecular formula is C8H6F2N2S. The van der Waals surface area contributed by atoms with Crippen LogP contribution in [0.15, 0.2) is 11.6 Å². The summed E-state index contributed by atoms with van der Waals surface area (Å²) in [6.45, 7) is 0. The zero-order valence-corrected chi connectivity index (χ0v) is 7.58. The van der Waals surface area contributed by atoms with Crippen molar-refractivity contribution >= 4 is 27.2 Å². The average Bonchev–Trinajstić information content (AvgIpc) is 2.53. The number of nitrogens with one attached hydrogen (secondary N) is 1. The number of rotatable bonds is 1. The summed E-state index contributed by atoms with van der Waals surface area (Å²) in [6, 6.07) is 1.28. The summed E-state index contributed by atoms with van der Waals surface area (Å²) in [7, 11) is 1.47. The van der Waals surface area contributed by atoms with Gasteiger partial charge in [0, 0.05) is 7.05 Å². The Balaban J connectivity index is 2.85. The number of benzene rings is 1. The Labute approximate surface area is 77.2 Å². The lowest BCUT2D eigenvalue weighted by atomic mass is 10.2. The highest BCUT2D eigenvalue weighted by atomic mass is 32.1. The Bertz CT molecular complexity index is 453. The predicted octanol–water partition coefficient (Wildman–Crippen LogP) is 2.62. The van der Waals surface area contributed by atoms with Crippen LogP contribution in [0.25, 0.3) is 10.2 Å². The highest BCUT2D eigenvalue weighted by Gasteiger charge is 2.13. The second kappa shape index (κ2) is 2.92. The quantitative estimate of drug-likeness (QED) is 0.765. The first-order valence-electron chi connectivity index (χ1n) is 3.63. The lowest BCUT2D eigenvalue weighted by molar-refractivity contribution is 0.597. The van der Waals surface area contributed by atoms with Gasteiger partial charge in [0.05, 0.1) is 10.2 Å². The van der Waals surface area contributed by atoms with Crippen molar-refractivity contribution in [3.8, 4) is 0 Å². The van der Waals surface area contributed by atoms with Gasteiger partial charge in [-0.3, -0.25) is 0 Å². The SMILES string of the molecule is CNc1c(F)cc2scnc2c1F. The molecule has 0 aliphatic carbocycles. The third-order valence-corrected chi connectivity index (χ3v) is 2.54. The Morgan fingerprint density at radius 1 is 1.46 bits per heavy atom. The predicted molar refractivity (Wildman–Crippen MR) is 49.1 cm³/mol. The number of anilines is 1. The van der Waals surface area contributed by atoms with Crippen LogP contribution < -0.4 is 5.32 Å². The van der Waals surface area contributed by atoms with Crippen molar-refractivity contribution in [1.82, 2.24) is 4.98 Å². The van der Waals surface area contributed by atoms with Gasteiger partial charge in [-0.2, -0.15) is 0 Å². The van der Waals surface area contributed by atoms with Gasteiger partial charge in [0.25, 0.3) is 0 Å². The van der Waals surface area contributed by atoms with E-state index in [-0.39, 0.29) is 11.2 Å². The highest BCUT2D eigenvalue weighted by molar-refractivity contribution is 7.16. The molecule has 2 rings (SSSR count). The Morgan fingerprint density at radius 3 is 2.92 bits per heavy atom. The van der Waals surface area contributed by atoms with Crippen LogP contribution in [-0.4, -0.2) is 12.0 Å². The zero-order valence-electron chi connectivity index (χ0n) is 6.77. The van der Waals surface area contributed by atoms with E-state index >= 15 is 0 Å². The number of thiazole rings is 1. The summed E-state index contributed by atoms with van der Waals surface area (Å²) in [5, 5.41) is 2.46. The van der Waals surface area contributed by atoms with Gasteiger partial charge in [0.2, 0.25) is 0 Å². The number of hydrogen-bond donors (Lipinski definition) is 1. The summed E-state index contributed by atoms with van der Waals surface area (Å²) in [4.78, 5) is 3.80. The highest BCUT2D eigenvalue weighted by Crippen LogP contribution is 2.28. The molecule has 0 fully saturated rings. The largest absolute Gasteiger partial charge is 0.383 e. The van der Waals surface area contributed by atoms with Crippen LogP contribution >= 0.6 is 11.3 Å². The smallest absolute Gasteiger partial charge is 0.176 e. The normalized spacial score (nSPS) is 10.7. The first kappa shape index (κ1) is 8.37. The molecule has 0 radical (unpaired) electrons. The van der Waals surface area contributed by atoms with Gasteiger partial charge in [-0.25, -0.2) is 13.8 Å². The molecule has 0 aliphatic heterocycles. The van der Waals surface area contributed by atoms with Crippen LogP contribution in [-0.2, 0) is 0 Å². The molecular weight excluding hydrogens is 194 g/mol. The first-order chi connectivity index (χ1) is 6.24. The molecule has 2 aromatic rings. The Hall–Kier alpha value is -1.23. The molecule has 0 amide bonds. The molecule has 1 aromatic heterocycles. The maximum Gasteiger partial charge on any atom is 0.176 e. The van der Waals surface area contributed by atoms with Crippen molar-refractivity contribution < 1.29 is 8.78 Å². The fourth-order valence-corrected chi connectivity index (χ4v) is 1.86. The topological polar surface area (TPSA) is 24.9 Å². The van der Waals surface area contributed by atoms with Gasteiger partial charge in [-0.05, 0) is 6.07 Å². The minimum absolute atomic E-state index is 0.126. The molecule has 0 aliphatic rings. The molecule has 0 atom stereocenters. The molecule has 0 unspecified atom stereocenters. The number of fused-ring (bicyclic) bond motifs is 1. The van der Waals surface area contributed by atoms with Crippen LogP contribution in [0.2, 0.25) is 0 Å².